The Bertz CT molecular complexity index is 848. The smallest absolute Gasteiger partial charge is 0.304 e. The molecule has 3 aromatic rings. The summed E-state index contributed by atoms with van der Waals surface area (Å²) in [6, 6.07) is 31.7. The third-order valence-electron chi connectivity index (χ3n) is 6.31. The van der Waals surface area contributed by atoms with E-state index in [4.69, 9.17) is 9.31 Å². The van der Waals surface area contributed by atoms with Crippen molar-refractivity contribution in [3.63, 3.8) is 0 Å². The van der Waals surface area contributed by atoms with E-state index in [1.807, 2.05) is 12.1 Å². The highest BCUT2D eigenvalue weighted by Gasteiger charge is 2.56. The van der Waals surface area contributed by atoms with Gasteiger partial charge in [-0.25, -0.2) is 0 Å². The standard InChI is InChI=1S/C24H28BO2P/c1-4-28(24-18-12-7-13-19-24)20(2)26-25(27-21(28)3,22-14-8-5-9-15-22)23-16-10-6-11-17-23/h5-21H,4H2,1-3H3. The van der Waals surface area contributed by atoms with Crippen LogP contribution >= 0.6 is 7.26 Å². The Labute approximate surface area is 169 Å². The van der Waals surface area contributed by atoms with E-state index in [1.54, 1.807) is 0 Å². The van der Waals surface area contributed by atoms with E-state index in [1.165, 1.54) is 5.30 Å². The second-order valence-electron chi connectivity index (χ2n) is 7.59. The minimum absolute atomic E-state index is 0.115. The van der Waals surface area contributed by atoms with E-state index < -0.39 is 13.8 Å². The van der Waals surface area contributed by atoms with Gasteiger partial charge < -0.3 is 9.31 Å². The second-order valence-corrected chi connectivity index (χ2v) is 12.1. The zero-order valence-electron chi connectivity index (χ0n) is 16.9. The highest BCUT2D eigenvalue weighted by molar-refractivity contribution is 7.84. The predicted octanol–water partition coefficient (Wildman–Crippen LogP) is 4.34. The van der Waals surface area contributed by atoms with Crippen molar-refractivity contribution < 1.29 is 9.31 Å². The molecule has 4 rings (SSSR count). The summed E-state index contributed by atoms with van der Waals surface area (Å²) >= 11 is 0. The normalized spacial score (nSPS) is 26.7. The first-order chi connectivity index (χ1) is 13.6. The van der Waals surface area contributed by atoms with E-state index in [9.17, 15) is 0 Å². The first-order valence-corrected chi connectivity index (χ1v) is 12.3. The van der Waals surface area contributed by atoms with Crippen LogP contribution in [-0.2, 0) is 9.31 Å². The monoisotopic (exact) mass is 390 g/mol. The minimum atomic E-state index is -1.73. The third kappa shape index (κ3) is 3.03. The molecule has 4 heteroatoms. The molecular weight excluding hydrogens is 362 g/mol. The van der Waals surface area contributed by atoms with Gasteiger partial charge in [-0.1, -0.05) is 78.9 Å². The lowest BCUT2D eigenvalue weighted by Gasteiger charge is -2.56. The second kappa shape index (κ2) is 7.83. The largest absolute Gasteiger partial charge is 0.528 e. The first kappa shape index (κ1) is 19.4. The Hall–Kier alpha value is -1.93. The first-order valence-electron chi connectivity index (χ1n) is 10.2. The topological polar surface area (TPSA) is 18.5 Å². The highest BCUT2D eigenvalue weighted by atomic mass is 31.2. The average molecular weight is 390 g/mol. The molecule has 28 heavy (non-hydrogen) atoms. The summed E-state index contributed by atoms with van der Waals surface area (Å²) in [5.74, 6) is 0.230. The Balaban J connectivity index is 1.85. The van der Waals surface area contributed by atoms with E-state index in [0.29, 0.717) is 0 Å². The molecule has 0 bridgehead atoms. The maximum atomic E-state index is 6.97. The van der Waals surface area contributed by atoms with Crippen LogP contribution in [0.15, 0.2) is 91.0 Å². The van der Waals surface area contributed by atoms with Crippen molar-refractivity contribution in [2.75, 3.05) is 6.16 Å². The van der Waals surface area contributed by atoms with Gasteiger partial charge >= 0.3 is 6.55 Å². The molecule has 0 spiro atoms. The number of hydrogen-bond acceptors (Lipinski definition) is 2. The van der Waals surface area contributed by atoms with Crippen LogP contribution < -0.4 is 16.2 Å². The summed E-state index contributed by atoms with van der Waals surface area (Å²) in [7, 11) is -1.66. The summed E-state index contributed by atoms with van der Waals surface area (Å²) in [6.07, 6.45) is 1.06. The van der Waals surface area contributed by atoms with Crippen LogP contribution in [0.1, 0.15) is 20.8 Å². The summed E-state index contributed by atoms with van der Waals surface area (Å²) in [5, 5.41) is 1.39. The molecule has 0 amide bonds. The van der Waals surface area contributed by atoms with Gasteiger partial charge in [0, 0.05) is 0 Å². The molecule has 1 saturated heterocycles. The van der Waals surface area contributed by atoms with Crippen molar-refractivity contribution in [2.45, 2.75) is 32.5 Å². The fourth-order valence-electron chi connectivity index (χ4n) is 4.84. The molecule has 1 aliphatic rings. The summed E-state index contributed by atoms with van der Waals surface area (Å²) in [6.45, 7) is 5.06. The Morgan fingerprint density at radius 1 is 0.679 bits per heavy atom. The zero-order valence-corrected chi connectivity index (χ0v) is 17.8. The number of hydrogen-bond donors (Lipinski definition) is 0. The molecule has 0 N–H and O–H groups in total. The molecule has 1 heterocycles. The van der Waals surface area contributed by atoms with Gasteiger partial charge in [0.2, 0.25) is 0 Å². The molecular formula is C24H28BO2P. The fraction of sp³-hybridized carbons (Fsp3) is 0.250. The van der Waals surface area contributed by atoms with Crippen molar-refractivity contribution in [1.82, 2.24) is 0 Å². The van der Waals surface area contributed by atoms with Crippen LogP contribution in [0.25, 0.3) is 0 Å². The van der Waals surface area contributed by atoms with Gasteiger partial charge in [0.15, 0.2) is 0 Å². The Morgan fingerprint density at radius 3 is 1.46 bits per heavy atom. The number of benzene rings is 3. The van der Waals surface area contributed by atoms with Crippen molar-refractivity contribution in [2.24, 2.45) is 0 Å². The van der Waals surface area contributed by atoms with Gasteiger partial charge in [-0.15, -0.1) is 10.9 Å². The molecule has 1 fully saturated rings. The average Bonchev–Trinajstić information content (AvgIpc) is 2.76. The fourth-order valence-corrected chi connectivity index (χ4v) is 9.17. The van der Waals surface area contributed by atoms with Crippen molar-refractivity contribution in [3.05, 3.63) is 91.0 Å². The molecule has 2 unspecified atom stereocenters. The molecule has 0 aliphatic carbocycles. The number of rotatable bonds is 4. The van der Waals surface area contributed by atoms with Crippen LogP contribution in [0.5, 0.6) is 0 Å². The lowest BCUT2D eigenvalue weighted by Crippen LogP contribution is -2.69. The zero-order chi connectivity index (χ0) is 19.6. The summed E-state index contributed by atoms with van der Waals surface area (Å²) in [4.78, 5) is 0. The SMILES string of the molecule is CC[P+]1(c2ccccc2)C(C)O[B-](c2ccccc2)(c2ccccc2)OC1C. The highest BCUT2D eigenvalue weighted by Crippen LogP contribution is 2.68. The van der Waals surface area contributed by atoms with Crippen molar-refractivity contribution >= 4 is 30.0 Å². The predicted molar refractivity (Wildman–Crippen MR) is 123 cm³/mol. The van der Waals surface area contributed by atoms with E-state index in [2.05, 4.69) is 99.6 Å². The van der Waals surface area contributed by atoms with E-state index in [-0.39, 0.29) is 11.7 Å². The van der Waals surface area contributed by atoms with Crippen LogP contribution in [0.2, 0.25) is 0 Å². The van der Waals surface area contributed by atoms with Crippen LogP contribution in [0.4, 0.5) is 0 Å². The molecule has 0 radical (unpaired) electrons. The molecule has 0 aromatic heterocycles. The van der Waals surface area contributed by atoms with Crippen LogP contribution in [-0.4, -0.2) is 24.4 Å². The van der Waals surface area contributed by atoms with E-state index in [0.717, 1.165) is 17.1 Å². The van der Waals surface area contributed by atoms with Crippen molar-refractivity contribution in [1.29, 1.82) is 0 Å². The van der Waals surface area contributed by atoms with E-state index >= 15 is 0 Å². The van der Waals surface area contributed by atoms with Gasteiger partial charge in [0.05, 0.1) is 18.7 Å². The molecule has 2 atom stereocenters. The Morgan fingerprint density at radius 2 is 1.07 bits per heavy atom. The maximum absolute atomic E-state index is 6.97. The molecule has 1 aliphatic heterocycles. The van der Waals surface area contributed by atoms with Crippen molar-refractivity contribution in [3.8, 4) is 0 Å². The molecule has 3 aromatic carbocycles. The van der Waals surface area contributed by atoms with Gasteiger partial charge in [-0.3, -0.25) is 0 Å². The quantitative estimate of drug-likeness (QED) is 0.487. The molecule has 0 saturated carbocycles. The van der Waals surface area contributed by atoms with Gasteiger partial charge in [0.25, 0.3) is 0 Å². The van der Waals surface area contributed by atoms with Gasteiger partial charge in [0.1, 0.15) is 11.7 Å². The Kier molecular flexibility index (Phi) is 5.43. The molecule has 144 valence electrons. The minimum Gasteiger partial charge on any atom is -0.528 e. The van der Waals surface area contributed by atoms with Gasteiger partial charge in [-0.05, 0) is 32.9 Å². The lowest BCUT2D eigenvalue weighted by atomic mass is 9.46. The summed E-state index contributed by atoms with van der Waals surface area (Å²) in [5.41, 5.74) is 2.21. The lowest BCUT2D eigenvalue weighted by molar-refractivity contribution is 0.143. The van der Waals surface area contributed by atoms with Gasteiger partial charge in [-0.2, -0.15) is 0 Å². The van der Waals surface area contributed by atoms with Crippen LogP contribution in [0.3, 0.4) is 0 Å². The molecule has 2 nitrogen and oxygen atoms in total. The summed E-state index contributed by atoms with van der Waals surface area (Å²) < 4.78 is 13.9. The third-order valence-corrected chi connectivity index (χ3v) is 11.5. The maximum Gasteiger partial charge on any atom is 0.304 e. The van der Waals surface area contributed by atoms with Crippen LogP contribution in [0, 0.1) is 0 Å².